The molecule has 1 aromatic carbocycles. The minimum absolute atomic E-state index is 0.0554. The largest absolute Gasteiger partial charge is 0.474 e. The van der Waals surface area contributed by atoms with E-state index in [0.717, 1.165) is 17.0 Å². The molecule has 0 aliphatic rings. The lowest BCUT2D eigenvalue weighted by atomic mass is 10.1. The molecule has 9 heteroatoms. The highest BCUT2D eigenvalue weighted by Gasteiger charge is 2.33. The minimum Gasteiger partial charge on any atom is -0.474 e. The number of nitrogens with zero attached hydrogens (tertiary/aromatic N) is 4. The molecule has 0 amide bonds. The molecule has 27 heavy (non-hydrogen) atoms. The smallest absolute Gasteiger partial charge is 0.192 e. The van der Waals surface area contributed by atoms with Gasteiger partial charge in [0.25, 0.3) is 0 Å². The van der Waals surface area contributed by atoms with Crippen molar-refractivity contribution < 1.29 is 13.5 Å². The zero-order chi connectivity index (χ0) is 19.8. The normalized spacial score (nSPS) is 11.4. The van der Waals surface area contributed by atoms with E-state index in [-0.39, 0.29) is 5.02 Å². The van der Waals surface area contributed by atoms with Gasteiger partial charge in [-0.05, 0) is 45.0 Å². The third-order valence-electron chi connectivity index (χ3n) is 3.86. The van der Waals surface area contributed by atoms with Crippen LogP contribution in [0.15, 0.2) is 24.3 Å². The third-order valence-corrected chi connectivity index (χ3v) is 5.07. The first-order valence-corrected chi connectivity index (χ1v) is 9.23. The molecular formula is C18H15ClF2N4OS. The Labute approximate surface area is 163 Å². The van der Waals surface area contributed by atoms with Crippen LogP contribution in [0.5, 0.6) is 5.75 Å². The van der Waals surface area contributed by atoms with Crippen molar-refractivity contribution in [1.29, 1.82) is 5.26 Å². The van der Waals surface area contributed by atoms with Gasteiger partial charge in [0.2, 0.25) is 0 Å². The summed E-state index contributed by atoms with van der Waals surface area (Å²) in [6.45, 7) is 5.70. The van der Waals surface area contributed by atoms with Crippen LogP contribution in [-0.2, 0) is 12.1 Å². The zero-order valence-corrected chi connectivity index (χ0v) is 16.3. The second-order valence-corrected chi connectivity index (χ2v) is 7.70. The molecule has 0 aliphatic heterocycles. The average molecular weight is 409 g/mol. The van der Waals surface area contributed by atoms with Crippen LogP contribution < -0.4 is 4.74 Å². The maximum absolute atomic E-state index is 14.1. The van der Waals surface area contributed by atoms with Gasteiger partial charge in [0.15, 0.2) is 34.6 Å². The first-order valence-electron chi connectivity index (χ1n) is 8.04. The minimum atomic E-state index is -1.17. The summed E-state index contributed by atoms with van der Waals surface area (Å²) >= 11 is 6.95. The first kappa shape index (κ1) is 19.3. The van der Waals surface area contributed by atoms with Gasteiger partial charge in [0.05, 0.1) is 4.88 Å². The van der Waals surface area contributed by atoms with E-state index >= 15 is 0 Å². The highest BCUT2D eigenvalue weighted by Crippen LogP contribution is 2.34. The molecule has 140 valence electrons. The predicted molar refractivity (Wildman–Crippen MR) is 98.7 cm³/mol. The summed E-state index contributed by atoms with van der Waals surface area (Å²) in [5, 5.41) is 17.3. The number of benzene rings is 1. The third kappa shape index (κ3) is 3.66. The highest BCUT2D eigenvalue weighted by molar-refractivity contribution is 7.15. The van der Waals surface area contributed by atoms with Crippen LogP contribution in [0, 0.1) is 23.0 Å². The monoisotopic (exact) mass is 408 g/mol. The fourth-order valence-electron chi connectivity index (χ4n) is 2.68. The van der Waals surface area contributed by atoms with Crippen molar-refractivity contribution in [3.05, 3.63) is 51.6 Å². The predicted octanol–water partition coefficient (Wildman–Crippen LogP) is 5.14. The first-order chi connectivity index (χ1) is 12.8. The van der Waals surface area contributed by atoms with Crippen molar-refractivity contribution in [3.63, 3.8) is 0 Å². The fraction of sp³-hybridized carbons (Fsp3) is 0.278. The molecule has 0 fully saturated rings. The maximum Gasteiger partial charge on any atom is 0.192 e. The van der Waals surface area contributed by atoms with Crippen molar-refractivity contribution in [3.8, 4) is 22.5 Å². The van der Waals surface area contributed by atoms with Gasteiger partial charge < -0.3 is 9.30 Å². The second kappa shape index (κ2) is 7.25. The molecule has 2 aromatic heterocycles. The number of rotatable bonds is 5. The molecule has 5 nitrogen and oxygen atoms in total. The topological polar surface area (TPSA) is 63.7 Å². The fourth-order valence-corrected chi connectivity index (χ4v) is 3.66. The molecule has 0 N–H and O–H groups in total. The molecule has 0 spiro atoms. The van der Waals surface area contributed by atoms with Gasteiger partial charge in [-0.1, -0.05) is 11.6 Å². The SMILES string of the molecule is CCn1c(-c2ccc(C#N)s2)nnc1C(C)(C)Oc1c(F)cc(Cl)cc1F. The van der Waals surface area contributed by atoms with E-state index in [1.807, 2.05) is 6.92 Å². The Kier molecular flexibility index (Phi) is 5.18. The molecule has 2 heterocycles. The van der Waals surface area contributed by atoms with Crippen molar-refractivity contribution in [2.45, 2.75) is 32.9 Å². The molecule has 0 radical (unpaired) electrons. The Hall–Kier alpha value is -2.50. The number of nitriles is 1. The number of hydrogen-bond acceptors (Lipinski definition) is 5. The summed E-state index contributed by atoms with van der Waals surface area (Å²) in [7, 11) is 0. The summed E-state index contributed by atoms with van der Waals surface area (Å²) in [4.78, 5) is 1.32. The van der Waals surface area contributed by atoms with Gasteiger partial charge in [0.1, 0.15) is 10.9 Å². The molecular weight excluding hydrogens is 394 g/mol. The van der Waals surface area contributed by atoms with Gasteiger partial charge >= 0.3 is 0 Å². The Balaban J connectivity index is 2.01. The Bertz CT molecular complexity index is 1020. The van der Waals surface area contributed by atoms with Gasteiger partial charge in [0, 0.05) is 11.6 Å². The van der Waals surface area contributed by atoms with Crippen LogP contribution in [0.1, 0.15) is 31.5 Å². The Morgan fingerprint density at radius 3 is 2.48 bits per heavy atom. The molecule has 3 rings (SSSR count). The number of ether oxygens (including phenoxy) is 1. The van der Waals surface area contributed by atoms with Crippen LogP contribution in [0.2, 0.25) is 5.02 Å². The van der Waals surface area contributed by atoms with Crippen LogP contribution >= 0.6 is 22.9 Å². The quantitative estimate of drug-likeness (QED) is 0.586. The van der Waals surface area contributed by atoms with Crippen LogP contribution in [0.25, 0.3) is 10.7 Å². The van der Waals surface area contributed by atoms with E-state index in [0.29, 0.717) is 23.1 Å². The summed E-state index contributed by atoms with van der Waals surface area (Å²) in [6.07, 6.45) is 0. The molecule has 0 atom stereocenters. The summed E-state index contributed by atoms with van der Waals surface area (Å²) < 4.78 is 35.7. The molecule has 0 bridgehead atoms. The number of aromatic nitrogens is 3. The maximum atomic E-state index is 14.1. The molecule has 0 unspecified atom stereocenters. The van der Waals surface area contributed by atoms with Crippen molar-refractivity contribution >= 4 is 22.9 Å². The van der Waals surface area contributed by atoms with Crippen LogP contribution in [0.4, 0.5) is 8.78 Å². The molecule has 0 aliphatic carbocycles. The molecule has 0 saturated heterocycles. The van der Waals surface area contributed by atoms with E-state index < -0.39 is 23.0 Å². The number of halogens is 3. The number of thiophene rings is 1. The van der Waals surface area contributed by atoms with E-state index in [2.05, 4.69) is 16.3 Å². The highest BCUT2D eigenvalue weighted by atomic mass is 35.5. The lowest BCUT2D eigenvalue weighted by Crippen LogP contribution is -2.30. The summed E-state index contributed by atoms with van der Waals surface area (Å²) in [6, 6.07) is 7.55. The van der Waals surface area contributed by atoms with Crippen molar-refractivity contribution in [1.82, 2.24) is 14.8 Å². The van der Waals surface area contributed by atoms with Gasteiger partial charge in [-0.3, -0.25) is 0 Å². The van der Waals surface area contributed by atoms with Gasteiger partial charge in [-0.15, -0.1) is 21.5 Å². The Morgan fingerprint density at radius 2 is 1.93 bits per heavy atom. The van der Waals surface area contributed by atoms with E-state index in [9.17, 15) is 8.78 Å². The van der Waals surface area contributed by atoms with Crippen LogP contribution in [0.3, 0.4) is 0 Å². The van der Waals surface area contributed by atoms with E-state index in [1.54, 1.807) is 30.5 Å². The van der Waals surface area contributed by atoms with Gasteiger partial charge in [-0.25, -0.2) is 8.78 Å². The van der Waals surface area contributed by atoms with Crippen LogP contribution in [-0.4, -0.2) is 14.8 Å². The standard InChI is InChI=1S/C18H15ClF2N4OS/c1-4-25-16(14-6-5-11(9-22)27-14)23-24-17(25)18(2,3)26-15-12(20)7-10(19)8-13(15)21/h5-8H,4H2,1-3H3. The summed E-state index contributed by atoms with van der Waals surface area (Å²) in [5.74, 6) is -1.35. The lowest BCUT2D eigenvalue weighted by molar-refractivity contribution is 0.0827. The zero-order valence-electron chi connectivity index (χ0n) is 14.8. The number of hydrogen-bond donors (Lipinski definition) is 0. The average Bonchev–Trinajstić information content (AvgIpc) is 3.24. The lowest BCUT2D eigenvalue weighted by Gasteiger charge is -2.26. The second-order valence-electron chi connectivity index (χ2n) is 6.18. The van der Waals surface area contributed by atoms with E-state index in [4.69, 9.17) is 21.6 Å². The molecule has 0 saturated carbocycles. The van der Waals surface area contributed by atoms with Gasteiger partial charge in [-0.2, -0.15) is 5.26 Å². The van der Waals surface area contributed by atoms with Crippen molar-refractivity contribution in [2.24, 2.45) is 0 Å². The van der Waals surface area contributed by atoms with E-state index in [1.165, 1.54) is 11.3 Å². The Morgan fingerprint density at radius 1 is 1.26 bits per heavy atom. The summed E-state index contributed by atoms with van der Waals surface area (Å²) in [5.41, 5.74) is -1.17. The molecule has 3 aromatic rings. The van der Waals surface area contributed by atoms with Crippen molar-refractivity contribution in [2.75, 3.05) is 0 Å².